The Balaban J connectivity index is 1.88. The average Bonchev–Trinajstić information content (AvgIpc) is 3.08. The highest BCUT2D eigenvalue weighted by molar-refractivity contribution is 5.67. The molecule has 0 spiro atoms. The minimum atomic E-state index is -2.28. The third-order valence-electron chi connectivity index (χ3n) is 6.07. The van der Waals surface area contributed by atoms with E-state index < -0.39 is 80.7 Å². The molecule has 0 unspecified atom stereocenters. The van der Waals surface area contributed by atoms with E-state index in [1.165, 1.54) is 6.42 Å². The molecule has 200 valence electrons. The number of hydrogen-bond donors (Lipinski definition) is 8. The van der Waals surface area contributed by atoms with Gasteiger partial charge in [-0.3, -0.25) is 0 Å². The zero-order valence-corrected chi connectivity index (χ0v) is 19.4. The highest BCUT2D eigenvalue weighted by Gasteiger charge is 2.58. The number of ether oxygens (including phenoxy) is 4. The van der Waals surface area contributed by atoms with Gasteiger partial charge in [0.05, 0.1) is 6.61 Å². The Bertz CT molecular complexity index is 612. The quantitative estimate of drug-likeness (QED) is 0.126. The van der Waals surface area contributed by atoms with Crippen LogP contribution in [0, 0.1) is 0 Å². The van der Waals surface area contributed by atoms with E-state index in [1.807, 2.05) is 0 Å². The van der Waals surface area contributed by atoms with E-state index >= 15 is 0 Å². The predicted molar refractivity (Wildman–Crippen MR) is 114 cm³/mol. The van der Waals surface area contributed by atoms with Crippen molar-refractivity contribution < 1.29 is 59.5 Å². The third-order valence-corrected chi connectivity index (χ3v) is 6.07. The molecule has 2 aliphatic rings. The van der Waals surface area contributed by atoms with E-state index in [0.717, 1.165) is 32.1 Å². The molecule has 2 saturated heterocycles. The average molecular weight is 498 g/mol. The van der Waals surface area contributed by atoms with Crippen molar-refractivity contribution in [1.82, 2.24) is 5.32 Å². The summed E-state index contributed by atoms with van der Waals surface area (Å²) in [6.45, 7) is 0.364. The minimum absolute atomic E-state index is 0.411. The van der Waals surface area contributed by atoms with E-state index in [9.17, 15) is 40.5 Å². The first-order chi connectivity index (χ1) is 16.2. The Labute approximate surface area is 198 Å². The molecule has 0 aromatic carbocycles. The number of carbonyl (C=O) groups excluding carboxylic acids is 1. The lowest BCUT2D eigenvalue weighted by atomic mass is 9.99. The van der Waals surface area contributed by atoms with Gasteiger partial charge in [0.15, 0.2) is 6.29 Å². The molecule has 13 nitrogen and oxygen atoms in total. The molecule has 34 heavy (non-hydrogen) atoms. The Kier molecular flexibility index (Phi) is 11.8. The minimum Gasteiger partial charge on any atom is -0.447 e. The second-order valence-electron chi connectivity index (χ2n) is 8.67. The maximum absolute atomic E-state index is 11.9. The lowest BCUT2D eigenvalue weighted by Gasteiger charge is -2.43. The molecule has 9 atom stereocenters. The zero-order valence-electron chi connectivity index (χ0n) is 19.4. The molecule has 0 aromatic heterocycles. The largest absolute Gasteiger partial charge is 0.447 e. The standard InChI is InChI=1S/C21H39NO12/c1-2-3-4-5-6-7-8-22-20(30)31-10-13-14(25)16(27)17(28)19(32-13)34-21(11-24)18(29)15(26)12(9-23)33-21/h12-19,23-29H,2-11H2,1H3,(H,22,30)/t12-,13-,14-,15-,16+,17-,18+,19-,21+/m1/s1. The van der Waals surface area contributed by atoms with Crippen LogP contribution in [-0.4, -0.2) is 123 Å². The number of aliphatic hydroxyl groups excluding tert-OH is 7. The Morgan fingerprint density at radius 2 is 1.59 bits per heavy atom. The number of amides is 1. The van der Waals surface area contributed by atoms with Crippen molar-refractivity contribution in [2.24, 2.45) is 0 Å². The summed E-state index contributed by atoms with van der Waals surface area (Å²) in [4.78, 5) is 11.9. The number of nitrogens with one attached hydrogen (secondary N) is 1. The van der Waals surface area contributed by atoms with Crippen molar-refractivity contribution in [3.8, 4) is 0 Å². The van der Waals surface area contributed by atoms with Gasteiger partial charge in [0.1, 0.15) is 55.9 Å². The fourth-order valence-corrected chi connectivity index (χ4v) is 3.92. The van der Waals surface area contributed by atoms with Crippen LogP contribution in [0.3, 0.4) is 0 Å². The summed E-state index contributed by atoms with van der Waals surface area (Å²) in [6.07, 6.45) is -7.48. The summed E-state index contributed by atoms with van der Waals surface area (Å²) in [6, 6.07) is 0. The Morgan fingerprint density at radius 1 is 0.912 bits per heavy atom. The monoisotopic (exact) mass is 497 g/mol. The maximum atomic E-state index is 11.9. The van der Waals surface area contributed by atoms with Gasteiger partial charge in [-0.1, -0.05) is 39.0 Å². The van der Waals surface area contributed by atoms with Crippen LogP contribution in [0.25, 0.3) is 0 Å². The molecule has 1 amide bonds. The molecule has 8 N–H and O–H groups in total. The van der Waals surface area contributed by atoms with Crippen molar-refractivity contribution >= 4 is 6.09 Å². The van der Waals surface area contributed by atoms with E-state index in [2.05, 4.69) is 12.2 Å². The summed E-state index contributed by atoms with van der Waals surface area (Å²) < 4.78 is 21.1. The molecular formula is C21H39NO12. The van der Waals surface area contributed by atoms with Crippen LogP contribution in [-0.2, 0) is 18.9 Å². The number of alkyl carbamates (subject to hydrolysis) is 1. The molecule has 2 fully saturated rings. The SMILES string of the molecule is CCCCCCCCNC(=O)OC[C@H]1O[C@H](O[C@]2(CO)O[C@H](CO)[C@@H](O)[C@@H]2O)[C@H](O)[C@@H](O)[C@@H]1O. The van der Waals surface area contributed by atoms with Crippen molar-refractivity contribution in [3.63, 3.8) is 0 Å². The number of rotatable bonds is 13. The molecule has 0 bridgehead atoms. The molecule has 0 aromatic rings. The first-order valence-corrected chi connectivity index (χ1v) is 11.7. The molecule has 2 heterocycles. The predicted octanol–water partition coefficient (Wildman–Crippen LogP) is -2.30. The van der Waals surface area contributed by atoms with Gasteiger partial charge in [-0.2, -0.15) is 0 Å². The van der Waals surface area contributed by atoms with Gasteiger partial charge < -0.3 is 60.0 Å². The lowest BCUT2D eigenvalue weighted by molar-refractivity contribution is -0.383. The molecule has 0 saturated carbocycles. The van der Waals surface area contributed by atoms with Crippen LogP contribution in [0.1, 0.15) is 45.4 Å². The van der Waals surface area contributed by atoms with E-state index in [-0.39, 0.29) is 0 Å². The number of aliphatic hydroxyl groups is 7. The molecule has 2 rings (SSSR count). The van der Waals surface area contributed by atoms with Crippen LogP contribution in [0.15, 0.2) is 0 Å². The summed E-state index contributed by atoms with van der Waals surface area (Å²) in [5, 5.41) is 72.4. The van der Waals surface area contributed by atoms with Gasteiger partial charge in [-0.15, -0.1) is 0 Å². The lowest BCUT2D eigenvalue weighted by Crippen LogP contribution is -2.63. The third kappa shape index (κ3) is 7.20. The number of hydrogen-bond acceptors (Lipinski definition) is 12. The smallest absolute Gasteiger partial charge is 0.407 e. The van der Waals surface area contributed by atoms with Crippen molar-refractivity contribution in [2.75, 3.05) is 26.4 Å². The maximum Gasteiger partial charge on any atom is 0.407 e. The Hall–Kier alpha value is -1.13. The number of carbonyl (C=O) groups is 1. The summed E-state index contributed by atoms with van der Waals surface area (Å²) in [7, 11) is 0. The summed E-state index contributed by atoms with van der Waals surface area (Å²) >= 11 is 0. The van der Waals surface area contributed by atoms with E-state index in [4.69, 9.17) is 18.9 Å². The van der Waals surface area contributed by atoms with Gasteiger partial charge in [-0.05, 0) is 6.42 Å². The topological polar surface area (TPSA) is 208 Å². The van der Waals surface area contributed by atoms with E-state index in [1.54, 1.807) is 0 Å². The second kappa shape index (κ2) is 13.8. The fraction of sp³-hybridized carbons (Fsp3) is 0.952. The van der Waals surface area contributed by atoms with E-state index in [0.29, 0.717) is 6.54 Å². The van der Waals surface area contributed by atoms with Crippen LogP contribution < -0.4 is 5.32 Å². The summed E-state index contributed by atoms with van der Waals surface area (Å²) in [5.41, 5.74) is 0. The molecule has 13 heteroatoms. The molecule has 0 aliphatic carbocycles. The van der Waals surface area contributed by atoms with Crippen molar-refractivity contribution in [2.45, 2.75) is 100 Å². The highest BCUT2D eigenvalue weighted by Crippen LogP contribution is 2.36. The summed E-state index contributed by atoms with van der Waals surface area (Å²) in [5.74, 6) is -2.28. The van der Waals surface area contributed by atoms with Gasteiger partial charge in [0.25, 0.3) is 0 Å². The van der Waals surface area contributed by atoms with Crippen LogP contribution >= 0.6 is 0 Å². The van der Waals surface area contributed by atoms with Crippen LogP contribution in [0.4, 0.5) is 4.79 Å². The van der Waals surface area contributed by atoms with Gasteiger partial charge in [-0.25, -0.2) is 4.79 Å². The van der Waals surface area contributed by atoms with Gasteiger partial charge >= 0.3 is 6.09 Å². The Morgan fingerprint density at radius 3 is 2.21 bits per heavy atom. The highest BCUT2D eigenvalue weighted by atomic mass is 16.8. The van der Waals surface area contributed by atoms with Gasteiger partial charge in [0.2, 0.25) is 5.79 Å². The van der Waals surface area contributed by atoms with Crippen LogP contribution in [0.2, 0.25) is 0 Å². The van der Waals surface area contributed by atoms with Crippen molar-refractivity contribution in [3.05, 3.63) is 0 Å². The number of unbranched alkanes of at least 4 members (excludes halogenated alkanes) is 5. The molecule has 0 radical (unpaired) electrons. The molecule has 2 aliphatic heterocycles. The zero-order chi connectivity index (χ0) is 25.3. The fourth-order valence-electron chi connectivity index (χ4n) is 3.92. The normalized spacial score (nSPS) is 38.1. The van der Waals surface area contributed by atoms with Gasteiger partial charge in [0, 0.05) is 6.54 Å². The first kappa shape index (κ1) is 29.1. The molecular weight excluding hydrogens is 458 g/mol. The second-order valence-corrected chi connectivity index (χ2v) is 8.67. The van der Waals surface area contributed by atoms with Crippen molar-refractivity contribution in [1.29, 1.82) is 0 Å². The van der Waals surface area contributed by atoms with Crippen LogP contribution in [0.5, 0.6) is 0 Å². The first-order valence-electron chi connectivity index (χ1n) is 11.7.